The van der Waals surface area contributed by atoms with E-state index in [1.807, 2.05) is 11.3 Å². The monoisotopic (exact) mass is 276 g/mol. The minimum absolute atomic E-state index is 0.261. The van der Waals surface area contributed by atoms with E-state index in [0.29, 0.717) is 0 Å². The van der Waals surface area contributed by atoms with Crippen LogP contribution >= 0.6 is 11.3 Å². The number of rotatable bonds is 3. The smallest absolute Gasteiger partial charge is 0.0762 e. The van der Waals surface area contributed by atoms with Crippen molar-refractivity contribution >= 4 is 11.3 Å². The molecule has 104 valence electrons. The van der Waals surface area contributed by atoms with Gasteiger partial charge < -0.3 is 0 Å². The molecule has 1 atom stereocenters. The number of fused-ring (bicyclic) bond motifs is 1. The van der Waals surface area contributed by atoms with E-state index < -0.39 is 0 Å². The van der Waals surface area contributed by atoms with Crippen molar-refractivity contribution < 1.29 is 0 Å². The van der Waals surface area contributed by atoms with E-state index in [1.165, 1.54) is 68.2 Å². The molecule has 2 nitrogen and oxygen atoms in total. The lowest BCUT2D eigenvalue weighted by molar-refractivity contribution is 0.572. The molecule has 0 saturated carbocycles. The second kappa shape index (κ2) is 6.21. The van der Waals surface area contributed by atoms with Gasteiger partial charge in [0.15, 0.2) is 0 Å². The Morgan fingerprint density at radius 3 is 2.68 bits per heavy atom. The van der Waals surface area contributed by atoms with Gasteiger partial charge in [-0.25, -0.2) is 5.43 Å². The summed E-state index contributed by atoms with van der Waals surface area (Å²) in [6, 6.07) is 2.68. The standard InChI is InChI=1S/C16H24N2S/c17-18-16(12-7-3-1-4-8-12)15-11-13-9-5-2-6-10-14(13)19-15/h7,11,16,18H,1-6,8-10,17H2. The highest BCUT2D eigenvalue weighted by Gasteiger charge is 2.21. The normalized spacial score (nSPS) is 21.4. The average Bonchev–Trinajstić information content (AvgIpc) is 2.71. The van der Waals surface area contributed by atoms with Crippen LogP contribution < -0.4 is 11.3 Å². The van der Waals surface area contributed by atoms with Crippen LogP contribution in [0.3, 0.4) is 0 Å². The molecule has 0 fully saturated rings. The molecule has 0 radical (unpaired) electrons. The quantitative estimate of drug-likeness (QED) is 0.379. The predicted molar refractivity (Wildman–Crippen MR) is 82.2 cm³/mol. The molecule has 19 heavy (non-hydrogen) atoms. The van der Waals surface area contributed by atoms with Gasteiger partial charge in [-0.2, -0.15) is 0 Å². The first-order valence-corrected chi connectivity index (χ1v) is 8.46. The molecule has 0 amide bonds. The Morgan fingerprint density at radius 1 is 1.05 bits per heavy atom. The molecule has 0 spiro atoms. The van der Waals surface area contributed by atoms with Crippen LogP contribution in [0.5, 0.6) is 0 Å². The van der Waals surface area contributed by atoms with Gasteiger partial charge >= 0.3 is 0 Å². The number of hydrogen-bond donors (Lipinski definition) is 2. The van der Waals surface area contributed by atoms with Crippen LogP contribution in [-0.4, -0.2) is 0 Å². The van der Waals surface area contributed by atoms with Gasteiger partial charge in [0.1, 0.15) is 0 Å². The fraction of sp³-hybridized carbons (Fsp3) is 0.625. The summed E-state index contributed by atoms with van der Waals surface area (Å²) >= 11 is 1.99. The summed E-state index contributed by atoms with van der Waals surface area (Å²) in [4.78, 5) is 3.05. The van der Waals surface area contributed by atoms with Crippen LogP contribution in [0.2, 0.25) is 0 Å². The van der Waals surface area contributed by atoms with Gasteiger partial charge in [0.25, 0.3) is 0 Å². The lowest BCUT2D eigenvalue weighted by Crippen LogP contribution is -2.29. The van der Waals surface area contributed by atoms with Crippen molar-refractivity contribution in [3.8, 4) is 0 Å². The maximum Gasteiger partial charge on any atom is 0.0762 e. The molecule has 2 aliphatic carbocycles. The number of hydrogen-bond acceptors (Lipinski definition) is 3. The number of aryl methyl sites for hydroxylation is 2. The van der Waals surface area contributed by atoms with Gasteiger partial charge in [0.2, 0.25) is 0 Å². The van der Waals surface area contributed by atoms with Gasteiger partial charge in [0, 0.05) is 9.75 Å². The van der Waals surface area contributed by atoms with Crippen molar-refractivity contribution in [2.24, 2.45) is 5.84 Å². The third-order valence-electron chi connectivity index (χ3n) is 4.41. The molecule has 3 N–H and O–H groups in total. The molecule has 2 aliphatic rings. The molecule has 1 heterocycles. The van der Waals surface area contributed by atoms with E-state index >= 15 is 0 Å². The highest BCUT2D eigenvalue weighted by molar-refractivity contribution is 7.12. The third kappa shape index (κ3) is 2.93. The molecular weight excluding hydrogens is 252 g/mol. The predicted octanol–water partition coefficient (Wildman–Crippen LogP) is 4.02. The zero-order chi connectivity index (χ0) is 13.1. The molecule has 3 rings (SSSR count). The van der Waals surface area contributed by atoms with Gasteiger partial charge in [-0.05, 0) is 63.0 Å². The van der Waals surface area contributed by atoms with Crippen LogP contribution in [0, 0.1) is 0 Å². The Labute approximate surface area is 120 Å². The van der Waals surface area contributed by atoms with Crippen molar-refractivity contribution in [3.05, 3.63) is 33.0 Å². The minimum Gasteiger partial charge on any atom is -0.271 e. The van der Waals surface area contributed by atoms with Gasteiger partial charge in [-0.1, -0.05) is 18.1 Å². The first kappa shape index (κ1) is 13.3. The summed E-state index contributed by atoms with van der Waals surface area (Å²) in [6.45, 7) is 0. The Kier molecular flexibility index (Phi) is 4.36. The van der Waals surface area contributed by atoms with Crippen molar-refractivity contribution in [1.29, 1.82) is 0 Å². The molecule has 1 unspecified atom stereocenters. The Balaban J connectivity index is 1.85. The number of nitrogens with one attached hydrogen (secondary N) is 1. The maximum atomic E-state index is 5.84. The molecule has 0 saturated heterocycles. The van der Waals surface area contributed by atoms with Crippen LogP contribution in [0.15, 0.2) is 17.7 Å². The molecular formula is C16H24N2S. The van der Waals surface area contributed by atoms with E-state index in [2.05, 4.69) is 17.6 Å². The summed E-state index contributed by atoms with van der Waals surface area (Å²) < 4.78 is 0. The largest absolute Gasteiger partial charge is 0.271 e. The summed E-state index contributed by atoms with van der Waals surface area (Å²) in [5.74, 6) is 5.84. The molecule has 1 aromatic heterocycles. The number of allylic oxidation sites excluding steroid dienone is 1. The summed E-state index contributed by atoms with van der Waals surface area (Å²) in [6.07, 6.45) is 14.1. The highest BCUT2D eigenvalue weighted by Crippen LogP contribution is 2.37. The van der Waals surface area contributed by atoms with E-state index in [-0.39, 0.29) is 6.04 Å². The Hall–Kier alpha value is -0.640. The summed E-state index contributed by atoms with van der Waals surface area (Å²) in [5, 5.41) is 0. The van der Waals surface area contributed by atoms with Gasteiger partial charge in [-0.3, -0.25) is 5.84 Å². The van der Waals surface area contributed by atoms with Crippen LogP contribution in [0.4, 0.5) is 0 Å². The van der Waals surface area contributed by atoms with Crippen LogP contribution in [-0.2, 0) is 12.8 Å². The van der Waals surface area contributed by atoms with Gasteiger partial charge in [-0.15, -0.1) is 11.3 Å². The molecule has 0 bridgehead atoms. The van der Waals surface area contributed by atoms with Gasteiger partial charge in [0.05, 0.1) is 6.04 Å². The number of thiophene rings is 1. The summed E-state index contributed by atoms with van der Waals surface area (Å²) in [7, 11) is 0. The fourth-order valence-electron chi connectivity index (χ4n) is 3.33. The summed E-state index contributed by atoms with van der Waals surface area (Å²) in [5.41, 5.74) is 6.15. The van der Waals surface area contributed by atoms with E-state index in [1.54, 1.807) is 10.4 Å². The third-order valence-corrected chi connectivity index (χ3v) is 5.72. The molecule has 1 aromatic rings. The average molecular weight is 276 g/mol. The second-order valence-electron chi connectivity index (χ2n) is 5.78. The van der Waals surface area contributed by atoms with Crippen molar-refractivity contribution in [3.63, 3.8) is 0 Å². The lowest BCUT2D eigenvalue weighted by atomic mass is 9.93. The Bertz CT molecular complexity index is 438. The van der Waals surface area contributed by atoms with Crippen molar-refractivity contribution in [1.82, 2.24) is 5.43 Å². The zero-order valence-corrected chi connectivity index (χ0v) is 12.4. The topological polar surface area (TPSA) is 38.0 Å². The fourth-order valence-corrected chi connectivity index (χ4v) is 4.69. The first-order valence-electron chi connectivity index (χ1n) is 7.65. The minimum atomic E-state index is 0.261. The van der Waals surface area contributed by atoms with Crippen molar-refractivity contribution in [2.75, 3.05) is 0 Å². The number of nitrogens with two attached hydrogens (primary N) is 1. The molecule has 3 heteroatoms. The lowest BCUT2D eigenvalue weighted by Gasteiger charge is -2.21. The zero-order valence-electron chi connectivity index (χ0n) is 11.6. The second-order valence-corrected chi connectivity index (χ2v) is 6.95. The highest BCUT2D eigenvalue weighted by atomic mass is 32.1. The van der Waals surface area contributed by atoms with E-state index in [4.69, 9.17) is 5.84 Å². The number of hydrazine groups is 1. The van der Waals surface area contributed by atoms with E-state index in [0.717, 1.165) is 0 Å². The Morgan fingerprint density at radius 2 is 1.89 bits per heavy atom. The van der Waals surface area contributed by atoms with Crippen LogP contribution in [0.25, 0.3) is 0 Å². The van der Waals surface area contributed by atoms with Crippen LogP contribution in [0.1, 0.15) is 66.3 Å². The van der Waals surface area contributed by atoms with E-state index in [9.17, 15) is 0 Å². The first-order chi connectivity index (χ1) is 9.38. The van der Waals surface area contributed by atoms with Crippen molar-refractivity contribution in [2.45, 2.75) is 63.8 Å². The molecule has 0 aliphatic heterocycles. The molecule has 0 aromatic carbocycles. The maximum absolute atomic E-state index is 5.84. The SMILES string of the molecule is NNC(C1=CCCCC1)c1cc2c(s1)CCCCC2.